The number of hydrogen-bond donors (Lipinski definition) is 0. The maximum atomic E-state index is 12.7. The Bertz CT molecular complexity index is 767. The second-order valence-electron chi connectivity index (χ2n) is 6.10. The van der Waals surface area contributed by atoms with Gasteiger partial charge < -0.3 is 9.80 Å². The number of piperazine rings is 1. The third-order valence-corrected chi connectivity index (χ3v) is 4.35. The van der Waals surface area contributed by atoms with Crippen LogP contribution in [-0.4, -0.2) is 51.8 Å². The Morgan fingerprint density at radius 1 is 1.12 bits per heavy atom. The molecule has 0 unspecified atom stereocenters. The van der Waals surface area contributed by atoms with E-state index in [1.165, 1.54) is 16.8 Å². The van der Waals surface area contributed by atoms with Crippen LogP contribution in [0.3, 0.4) is 0 Å². The average molecular weight is 341 g/mol. The van der Waals surface area contributed by atoms with Crippen LogP contribution in [0.5, 0.6) is 0 Å². The number of unbranched alkanes of at least 4 members (excludes halogenated alkanes) is 1. The molecule has 0 radical (unpaired) electrons. The molecule has 1 saturated heterocycles. The van der Waals surface area contributed by atoms with E-state index in [0.29, 0.717) is 25.3 Å². The van der Waals surface area contributed by atoms with Crippen LogP contribution in [0, 0.1) is 0 Å². The molecule has 0 aliphatic carbocycles. The number of aromatic nitrogens is 3. The predicted molar refractivity (Wildman–Crippen MR) is 95.8 cm³/mol. The van der Waals surface area contributed by atoms with Crippen LogP contribution in [0.2, 0.25) is 0 Å². The molecule has 0 saturated carbocycles. The number of amides is 1. The van der Waals surface area contributed by atoms with Gasteiger partial charge in [0.05, 0.1) is 0 Å². The maximum Gasteiger partial charge on any atom is 0.274 e. The van der Waals surface area contributed by atoms with E-state index in [2.05, 4.69) is 21.9 Å². The molecule has 3 rings (SSSR count). The van der Waals surface area contributed by atoms with Crippen LogP contribution in [0.4, 0.5) is 5.82 Å². The van der Waals surface area contributed by atoms with Crippen LogP contribution >= 0.6 is 0 Å². The fraction of sp³-hybridized carbons (Fsp3) is 0.444. The summed E-state index contributed by atoms with van der Waals surface area (Å²) in [5.74, 6) is 0.812. The zero-order valence-electron chi connectivity index (χ0n) is 14.5. The molecular formula is C18H23N5O2. The third kappa shape index (κ3) is 4.04. The smallest absolute Gasteiger partial charge is 0.274 e. The summed E-state index contributed by atoms with van der Waals surface area (Å²) in [5, 5.41) is 4.25. The summed E-state index contributed by atoms with van der Waals surface area (Å²) in [6.45, 7) is 5.30. The van der Waals surface area contributed by atoms with Gasteiger partial charge in [-0.3, -0.25) is 9.59 Å². The van der Waals surface area contributed by atoms with E-state index in [9.17, 15) is 9.59 Å². The van der Waals surface area contributed by atoms with E-state index in [1.807, 2.05) is 18.2 Å². The van der Waals surface area contributed by atoms with Gasteiger partial charge in [-0.25, -0.2) is 9.67 Å². The Balaban J connectivity index is 1.65. The molecule has 3 heterocycles. The van der Waals surface area contributed by atoms with Crippen molar-refractivity contribution in [1.82, 2.24) is 19.7 Å². The normalized spacial score (nSPS) is 14.6. The minimum Gasteiger partial charge on any atom is -0.353 e. The Morgan fingerprint density at radius 2 is 1.92 bits per heavy atom. The first-order chi connectivity index (χ1) is 12.2. The van der Waals surface area contributed by atoms with Crippen molar-refractivity contribution in [2.75, 3.05) is 31.1 Å². The lowest BCUT2D eigenvalue weighted by atomic mass is 10.2. The van der Waals surface area contributed by atoms with E-state index in [1.54, 1.807) is 11.1 Å². The lowest BCUT2D eigenvalue weighted by molar-refractivity contribution is 0.0737. The summed E-state index contributed by atoms with van der Waals surface area (Å²) < 4.78 is 1.39. The molecule has 1 amide bonds. The largest absolute Gasteiger partial charge is 0.353 e. The van der Waals surface area contributed by atoms with Gasteiger partial charge in [0.15, 0.2) is 0 Å². The molecule has 132 valence electrons. The fourth-order valence-corrected chi connectivity index (χ4v) is 2.87. The van der Waals surface area contributed by atoms with Crippen LogP contribution in [0.15, 0.2) is 41.3 Å². The maximum absolute atomic E-state index is 12.7. The van der Waals surface area contributed by atoms with Crippen molar-refractivity contribution in [2.45, 2.75) is 26.3 Å². The van der Waals surface area contributed by atoms with Crippen molar-refractivity contribution < 1.29 is 4.79 Å². The van der Waals surface area contributed by atoms with E-state index >= 15 is 0 Å². The first kappa shape index (κ1) is 17.1. The first-order valence-electron chi connectivity index (χ1n) is 8.72. The van der Waals surface area contributed by atoms with Gasteiger partial charge in [-0.15, -0.1) is 0 Å². The highest BCUT2D eigenvalue weighted by Gasteiger charge is 2.24. The van der Waals surface area contributed by atoms with Gasteiger partial charge in [-0.05, 0) is 24.6 Å². The SMILES string of the molecule is CCCCn1nc(C(=O)N2CCN(c3ccccn3)CC2)ccc1=O. The van der Waals surface area contributed by atoms with Crippen molar-refractivity contribution in [1.29, 1.82) is 0 Å². The fourth-order valence-electron chi connectivity index (χ4n) is 2.87. The summed E-state index contributed by atoms with van der Waals surface area (Å²) in [6.07, 6.45) is 3.62. The van der Waals surface area contributed by atoms with Gasteiger partial charge in [0, 0.05) is 45.0 Å². The Labute approximate surface area is 146 Å². The number of rotatable bonds is 5. The zero-order chi connectivity index (χ0) is 17.6. The van der Waals surface area contributed by atoms with E-state index in [-0.39, 0.29) is 11.5 Å². The van der Waals surface area contributed by atoms with Crippen molar-refractivity contribution >= 4 is 11.7 Å². The number of nitrogens with zero attached hydrogens (tertiary/aromatic N) is 5. The molecule has 1 fully saturated rings. The highest BCUT2D eigenvalue weighted by Crippen LogP contribution is 2.13. The van der Waals surface area contributed by atoms with Gasteiger partial charge in [0.25, 0.3) is 11.5 Å². The van der Waals surface area contributed by atoms with Crippen LogP contribution in [-0.2, 0) is 6.54 Å². The highest BCUT2D eigenvalue weighted by atomic mass is 16.2. The topological polar surface area (TPSA) is 71.3 Å². The van der Waals surface area contributed by atoms with Gasteiger partial charge in [0.2, 0.25) is 0 Å². The minimum atomic E-state index is -0.162. The predicted octanol–water partition coefficient (Wildman–Crippen LogP) is 1.40. The molecule has 0 spiro atoms. The van der Waals surface area contributed by atoms with Crippen molar-refractivity contribution in [3.63, 3.8) is 0 Å². The molecule has 0 bridgehead atoms. The summed E-state index contributed by atoms with van der Waals surface area (Å²) in [6, 6.07) is 8.78. The quantitative estimate of drug-likeness (QED) is 0.822. The number of carbonyl (C=O) groups excluding carboxylic acids is 1. The monoisotopic (exact) mass is 341 g/mol. The number of hydrogen-bond acceptors (Lipinski definition) is 5. The molecule has 0 atom stereocenters. The van der Waals surface area contributed by atoms with Gasteiger partial charge in [-0.1, -0.05) is 19.4 Å². The number of anilines is 1. The molecular weight excluding hydrogens is 318 g/mol. The Kier molecular flexibility index (Phi) is 5.42. The molecule has 7 nitrogen and oxygen atoms in total. The molecule has 25 heavy (non-hydrogen) atoms. The summed E-state index contributed by atoms with van der Waals surface area (Å²) in [5.41, 5.74) is 0.173. The van der Waals surface area contributed by atoms with Gasteiger partial charge >= 0.3 is 0 Å². The average Bonchev–Trinajstić information content (AvgIpc) is 2.67. The lowest BCUT2D eigenvalue weighted by Crippen LogP contribution is -2.49. The van der Waals surface area contributed by atoms with Crippen LogP contribution in [0.1, 0.15) is 30.3 Å². The van der Waals surface area contributed by atoms with E-state index < -0.39 is 0 Å². The van der Waals surface area contributed by atoms with Gasteiger partial charge in [0.1, 0.15) is 11.5 Å². The van der Waals surface area contributed by atoms with Crippen LogP contribution < -0.4 is 10.5 Å². The lowest BCUT2D eigenvalue weighted by Gasteiger charge is -2.35. The minimum absolute atomic E-state index is 0.120. The molecule has 0 aromatic carbocycles. The first-order valence-corrected chi connectivity index (χ1v) is 8.72. The zero-order valence-corrected chi connectivity index (χ0v) is 14.5. The number of aryl methyl sites for hydroxylation is 1. The second kappa shape index (κ2) is 7.92. The van der Waals surface area contributed by atoms with Gasteiger partial charge in [-0.2, -0.15) is 5.10 Å². The molecule has 2 aromatic rings. The van der Waals surface area contributed by atoms with E-state index in [4.69, 9.17) is 0 Å². The summed E-state index contributed by atoms with van der Waals surface area (Å²) >= 11 is 0. The van der Waals surface area contributed by atoms with Crippen molar-refractivity contribution in [3.05, 3.63) is 52.6 Å². The second-order valence-corrected chi connectivity index (χ2v) is 6.10. The standard InChI is InChI=1S/C18H23N5O2/c1-2-3-10-23-17(24)8-7-15(20-23)18(25)22-13-11-21(12-14-22)16-6-4-5-9-19-16/h4-9H,2-3,10-14H2,1H3. The summed E-state index contributed by atoms with van der Waals surface area (Å²) in [4.78, 5) is 32.8. The highest BCUT2D eigenvalue weighted by molar-refractivity contribution is 5.92. The molecule has 1 aliphatic heterocycles. The Hall–Kier alpha value is -2.70. The molecule has 2 aromatic heterocycles. The number of pyridine rings is 1. The number of carbonyl (C=O) groups is 1. The van der Waals surface area contributed by atoms with Crippen molar-refractivity contribution in [3.8, 4) is 0 Å². The molecule has 1 aliphatic rings. The van der Waals surface area contributed by atoms with Crippen LogP contribution in [0.25, 0.3) is 0 Å². The van der Waals surface area contributed by atoms with E-state index in [0.717, 1.165) is 31.7 Å². The molecule has 0 N–H and O–H groups in total. The van der Waals surface area contributed by atoms with Crippen molar-refractivity contribution in [2.24, 2.45) is 0 Å². The Morgan fingerprint density at radius 3 is 2.60 bits per heavy atom. The molecule has 7 heteroatoms. The summed E-state index contributed by atoms with van der Waals surface area (Å²) in [7, 11) is 0. The third-order valence-electron chi connectivity index (χ3n) is 4.35.